The Morgan fingerprint density at radius 2 is 2.00 bits per heavy atom. The number of carbonyl (C=O) groups is 2. The van der Waals surface area contributed by atoms with Crippen molar-refractivity contribution in [3.8, 4) is 0 Å². The molecule has 0 atom stereocenters. The van der Waals surface area contributed by atoms with Crippen LogP contribution in [0.2, 0.25) is 0 Å². The highest BCUT2D eigenvalue weighted by Gasteiger charge is 2.20. The lowest BCUT2D eigenvalue weighted by Crippen LogP contribution is -2.40. The molecule has 5 heteroatoms. The molecule has 1 aliphatic carbocycles. The van der Waals surface area contributed by atoms with Gasteiger partial charge in [-0.05, 0) is 46.6 Å². The molecule has 20 heavy (non-hydrogen) atoms. The minimum atomic E-state index is -0.289. The second-order valence-corrected chi connectivity index (χ2v) is 5.06. The standard InChI is InChI=1S/C15H26N2O3/c1-4-17(13-9-7-6-8-10-13)14(18)11-16(3)12-15(19)20-5-2/h9H,4-8,10-12H2,1-3H3. The first-order valence-corrected chi connectivity index (χ1v) is 7.42. The Hall–Kier alpha value is -1.36. The predicted octanol–water partition coefficient (Wildman–Crippen LogP) is 1.79. The molecule has 1 rings (SSSR count). The number of rotatable bonds is 7. The van der Waals surface area contributed by atoms with Gasteiger partial charge in [-0.2, -0.15) is 0 Å². The largest absolute Gasteiger partial charge is 0.465 e. The van der Waals surface area contributed by atoms with Crippen molar-refractivity contribution in [2.75, 3.05) is 33.3 Å². The number of hydrogen-bond acceptors (Lipinski definition) is 4. The van der Waals surface area contributed by atoms with Crippen LogP contribution in [0.1, 0.15) is 39.5 Å². The van der Waals surface area contributed by atoms with E-state index in [2.05, 4.69) is 6.08 Å². The maximum Gasteiger partial charge on any atom is 0.320 e. The average Bonchev–Trinajstić information content (AvgIpc) is 2.40. The van der Waals surface area contributed by atoms with Crippen LogP contribution >= 0.6 is 0 Å². The van der Waals surface area contributed by atoms with Crippen molar-refractivity contribution in [2.45, 2.75) is 39.5 Å². The Kier molecular flexibility index (Phi) is 7.30. The molecule has 0 saturated carbocycles. The summed E-state index contributed by atoms with van der Waals surface area (Å²) >= 11 is 0. The first-order chi connectivity index (χ1) is 9.58. The Morgan fingerprint density at radius 3 is 2.55 bits per heavy atom. The molecule has 0 aromatic heterocycles. The van der Waals surface area contributed by atoms with E-state index in [0.717, 1.165) is 25.0 Å². The zero-order valence-electron chi connectivity index (χ0n) is 12.9. The lowest BCUT2D eigenvalue weighted by Gasteiger charge is -2.28. The highest BCUT2D eigenvalue weighted by Crippen LogP contribution is 2.20. The number of carbonyl (C=O) groups excluding carboxylic acids is 2. The van der Waals surface area contributed by atoms with E-state index in [-0.39, 0.29) is 25.0 Å². The summed E-state index contributed by atoms with van der Waals surface area (Å²) in [6.45, 7) is 5.20. The van der Waals surface area contributed by atoms with Gasteiger partial charge in [-0.3, -0.25) is 14.5 Å². The van der Waals surface area contributed by atoms with Crippen molar-refractivity contribution < 1.29 is 14.3 Å². The van der Waals surface area contributed by atoms with E-state index in [9.17, 15) is 9.59 Å². The van der Waals surface area contributed by atoms with Gasteiger partial charge in [-0.1, -0.05) is 6.08 Å². The van der Waals surface area contributed by atoms with Crippen LogP contribution < -0.4 is 0 Å². The van der Waals surface area contributed by atoms with Gasteiger partial charge < -0.3 is 9.64 Å². The van der Waals surface area contributed by atoms with E-state index in [1.54, 1.807) is 18.9 Å². The van der Waals surface area contributed by atoms with Gasteiger partial charge in [0, 0.05) is 12.2 Å². The number of esters is 1. The van der Waals surface area contributed by atoms with Gasteiger partial charge in [0.1, 0.15) is 0 Å². The maximum atomic E-state index is 12.3. The summed E-state index contributed by atoms with van der Waals surface area (Å²) in [6, 6.07) is 0. The quantitative estimate of drug-likeness (QED) is 0.668. The molecule has 0 bridgehead atoms. The van der Waals surface area contributed by atoms with E-state index in [4.69, 9.17) is 4.74 Å². The SMILES string of the molecule is CCOC(=O)CN(C)CC(=O)N(CC)C1=CCCCC1. The van der Waals surface area contributed by atoms with E-state index >= 15 is 0 Å². The summed E-state index contributed by atoms with van der Waals surface area (Å²) in [5, 5.41) is 0. The predicted molar refractivity (Wildman–Crippen MR) is 78.1 cm³/mol. The topological polar surface area (TPSA) is 49.9 Å². The van der Waals surface area contributed by atoms with Gasteiger partial charge in [0.25, 0.3) is 0 Å². The summed E-state index contributed by atoms with van der Waals surface area (Å²) in [4.78, 5) is 27.2. The van der Waals surface area contributed by atoms with Crippen molar-refractivity contribution in [1.29, 1.82) is 0 Å². The van der Waals surface area contributed by atoms with E-state index in [0.29, 0.717) is 13.2 Å². The second kappa shape index (κ2) is 8.74. The first-order valence-electron chi connectivity index (χ1n) is 7.42. The normalized spacial score (nSPS) is 14.9. The van der Waals surface area contributed by atoms with Crippen molar-refractivity contribution in [3.63, 3.8) is 0 Å². The third-order valence-electron chi connectivity index (χ3n) is 3.34. The van der Waals surface area contributed by atoms with Gasteiger partial charge in [0.15, 0.2) is 0 Å². The zero-order chi connectivity index (χ0) is 15.0. The van der Waals surface area contributed by atoms with Crippen LogP contribution in [0.3, 0.4) is 0 Å². The third-order valence-corrected chi connectivity index (χ3v) is 3.34. The number of nitrogens with zero attached hydrogens (tertiary/aromatic N) is 2. The molecule has 1 amide bonds. The maximum absolute atomic E-state index is 12.3. The van der Waals surface area contributed by atoms with Crippen LogP contribution in [0.15, 0.2) is 11.8 Å². The highest BCUT2D eigenvalue weighted by molar-refractivity contribution is 5.81. The summed E-state index contributed by atoms with van der Waals surface area (Å²) < 4.78 is 4.88. The molecule has 0 aliphatic heterocycles. The molecule has 114 valence electrons. The molecule has 1 aliphatic rings. The zero-order valence-corrected chi connectivity index (χ0v) is 12.9. The second-order valence-electron chi connectivity index (χ2n) is 5.06. The Labute approximate surface area is 121 Å². The van der Waals surface area contributed by atoms with Gasteiger partial charge in [-0.25, -0.2) is 0 Å². The molecule has 0 aromatic carbocycles. The molecule has 0 radical (unpaired) electrons. The summed E-state index contributed by atoms with van der Waals surface area (Å²) in [5.41, 5.74) is 1.13. The fraction of sp³-hybridized carbons (Fsp3) is 0.733. The third kappa shape index (κ3) is 5.33. The minimum absolute atomic E-state index is 0.0486. The van der Waals surface area contributed by atoms with Crippen molar-refractivity contribution >= 4 is 11.9 Å². The molecule has 0 fully saturated rings. The van der Waals surface area contributed by atoms with E-state index < -0.39 is 0 Å². The van der Waals surface area contributed by atoms with Crippen LogP contribution in [-0.2, 0) is 14.3 Å². The highest BCUT2D eigenvalue weighted by atomic mass is 16.5. The monoisotopic (exact) mass is 282 g/mol. The van der Waals surface area contributed by atoms with Crippen LogP contribution in [0, 0.1) is 0 Å². The number of allylic oxidation sites excluding steroid dienone is 2. The number of hydrogen-bond donors (Lipinski definition) is 0. The summed E-state index contributed by atoms with van der Waals surface area (Å²) in [6.07, 6.45) is 6.54. The van der Waals surface area contributed by atoms with Crippen molar-refractivity contribution in [3.05, 3.63) is 11.8 Å². The van der Waals surface area contributed by atoms with Crippen LogP contribution in [0.4, 0.5) is 0 Å². The molecule has 0 saturated heterocycles. The van der Waals surface area contributed by atoms with Gasteiger partial charge in [0.2, 0.25) is 5.91 Å². The minimum Gasteiger partial charge on any atom is -0.465 e. The molecule has 0 unspecified atom stereocenters. The molecule has 0 heterocycles. The van der Waals surface area contributed by atoms with Crippen LogP contribution in [0.5, 0.6) is 0 Å². The summed E-state index contributed by atoms with van der Waals surface area (Å²) in [7, 11) is 1.76. The van der Waals surface area contributed by atoms with E-state index in [1.807, 2.05) is 11.8 Å². The lowest BCUT2D eigenvalue weighted by molar-refractivity contribution is -0.144. The fourth-order valence-corrected chi connectivity index (χ4v) is 2.41. The van der Waals surface area contributed by atoms with Crippen molar-refractivity contribution in [1.82, 2.24) is 9.80 Å². The average molecular weight is 282 g/mol. The number of likely N-dealkylation sites (N-methyl/N-ethyl adjacent to an activating group) is 2. The molecular weight excluding hydrogens is 256 g/mol. The Morgan fingerprint density at radius 1 is 1.25 bits per heavy atom. The molecule has 0 aromatic rings. The Bertz CT molecular complexity index is 366. The van der Waals surface area contributed by atoms with E-state index in [1.165, 1.54) is 6.42 Å². The van der Waals surface area contributed by atoms with Crippen molar-refractivity contribution in [2.24, 2.45) is 0 Å². The summed E-state index contributed by atoms with van der Waals surface area (Å²) in [5.74, 6) is -0.241. The first kappa shape index (κ1) is 16.7. The number of amides is 1. The molecular formula is C15H26N2O3. The van der Waals surface area contributed by atoms with Gasteiger partial charge in [-0.15, -0.1) is 0 Å². The van der Waals surface area contributed by atoms with Crippen LogP contribution in [0.25, 0.3) is 0 Å². The molecule has 5 nitrogen and oxygen atoms in total. The van der Waals surface area contributed by atoms with Crippen LogP contribution in [-0.4, -0.2) is 55.0 Å². The number of ether oxygens (including phenoxy) is 1. The molecule has 0 spiro atoms. The lowest BCUT2D eigenvalue weighted by atomic mass is 10.0. The smallest absolute Gasteiger partial charge is 0.320 e. The Balaban J connectivity index is 2.50. The molecule has 0 N–H and O–H groups in total. The van der Waals surface area contributed by atoms with Gasteiger partial charge >= 0.3 is 5.97 Å². The van der Waals surface area contributed by atoms with Gasteiger partial charge in [0.05, 0.1) is 19.7 Å². The fourth-order valence-electron chi connectivity index (χ4n) is 2.41.